The van der Waals surface area contributed by atoms with E-state index in [0.29, 0.717) is 36.7 Å². The van der Waals surface area contributed by atoms with E-state index in [4.69, 9.17) is 0 Å². The van der Waals surface area contributed by atoms with Crippen molar-refractivity contribution in [1.82, 2.24) is 20.9 Å². The van der Waals surface area contributed by atoms with Crippen molar-refractivity contribution in [2.24, 2.45) is 4.99 Å². The van der Waals surface area contributed by atoms with Crippen LogP contribution < -0.4 is 16.0 Å². The van der Waals surface area contributed by atoms with Crippen molar-refractivity contribution >= 4 is 41.8 Å². The van der Waals surface area contributed by atoms with E-state index >= 15 is 0 Å². The second kappa shape index (κ2) is 15.3. The molecule has 2 amide bonds. The number of halogens is 1. The summed E-state index contributed by atoms with van der Waals surface area (Å²) in [7, 11) is 3.51. The van der Waals surface area contributed by atoms with Gasteiger partial charge in [-0.2, -0.15) is 0 Å². The third-order valence-electron chi connectivity index (χ3n) is 4.77. The summed E-state index contributed by atoms with van der Waals surface area (Å²) in [5.74, 6) is 0.659. The first-order valence-electron chi connectivity index (χ1n) is 11.1. The zero-order chi connectivity index (χ0) is 23.3. The van der Waals surface area contributed by atoms with Crippen LogP contribution in [0.25, 0.3) is 0 Å². The molecule has 2 aromatic rings. The van der Waals surface area contributed by atoms with Gasteiger partial charge in [0.1, 0.15) is 0 Å². The molecule has 2 aromatic carbocycles. The average molecular weight is 566 g/mol. The molecule has 0 atom stereocenters. The molecule has 0 fully saturated rings. The summed E-state index contributed by atoms with van der Waals surface area (Å²) in [6.07, 6.45) is 1.68. The Morgan fingerprint density at radius 3 is 2.21 bits per heavy atom. The first-order valence-corrected chi connectivity index (χ1v) is 11.1. The molecule has 0 heterocycles. The first kappa shape index (κ1) is 28.4. The number of carbonyl (C=O) groups is 2. The minimum atomic E-state index is -0.0577. The number of hydrogen-bond donors (Lipinski definition) is 3. The standard InChI is InChI=1S/C25H35N5O2.HI/c1-5-14-27-23(31)21-11-8-10-20(17-21)18-29-25(26-6-2)28-15-13-19-9-7-12-22(16-19)24(32)30(3)4;/h7-12,16-17H,5-6,13-15,18H2,1-4H3,(H,27,31)(H2,26,28,29);1H. The molecule has 2 rings (SSSR count). The second-order valence-electron chi connectivity index (χ2n) is 7.73. The molecular weight excluding hydrogens is 529 g/mol. The molecule has 180 valence electrons. The highest BCUT2D eigenvalue weighted by Gasteiger charge is 2.08. The molecule has 0 bridgehead atoms. The lowest BCUT2D eigenvalue weighted by Crippen LogP contribution is -2.38. The van der Waals surface area contributed by atoms with Gasteiger partial charge in [-0.3, -0.25) is 9.59 Å². The Bertz CT molecular complexity index is 931. The number of amides is 2. The van der Waals surface area contributed by atoms with Crippen molar-refractivity contribution in [2.75, 3.05) is 33.7 Å². The van der Waals surface area contributed by atoms with Crippen LogP contribution in [-0.2, 0) is 13.0 Å². The van der Waals surface area contributed by atoms with Crippen molar-refractivity contribution in [3.63, 3.8) is 0 Å². The van der Waals surface area contributed by atoms with E-state index in [1.807, 2.05) is 62.4 Å². The molecule has 8 heteroatoms. The van der Waals surface area contributed by atoms with Gasteiger partial charge in [0, 0.05) is 44.9 Å². The lowest BCUT2D eigenvalue weighted by molar-refractivity contribution is 0.0827. The normalized spacial score (nSPS) is 10.7. The summed E-state index contributed by atoms with van der Waals surface area (Å²) in [6.45, 7) is 6.62. The van der Waals surface area contributed by atoms with Crippen LogP contribution in [0.1, 0.15) is 52.1 Å². The lowest BCUT2D eigenvalue weighted by atomic mass is 10.1. The summed E-state index contributed by atoms with van der Waals surface area (Å²) < 4.78 is 0. The van der Waals surface area contributed by atoms with Gasteiger partial charge in [0.2, 0.25) is 0 Å². The second-order valence-corrected chi connectivity index (χ2v) is 7.73. The van der Waals surface area contributed by atoms with Crippen molar-refractivity contribution in [3.8, 4) is 0 Å². The monoisotopic (exact) mass is 565 g/mol. The minimum Gasteiger partial charge on any atom is -0.357 e. The van der Waals surface area contributed by atoms with Crippen LogP contribution in [0, 0.1) is 0 Å². The Hall–Kier alpha value is -2.62. The number of nitrogens with one attached hydrogen (secondary N) is 3. The Morgan fingerprint density at radius 2 is 1.55 bits per heavy atom. The third kappa shape index (κ3) is 9.81. The van der Waals surface area contributed by atoms with E-state index in [1.54, 1.807) is 19.0 Å². The number of nitrogens with zero attached hydrogens (tertiary/aromatic N) is 2. The van der Waals surface area contributed by atoms with Crippen molar-refractivity contribution in [1.29, 1.82) is 0 Å². The first-order chi connectivity index (χ1) is 15.4. The predicted molar refractivity (Wildman–Crippen MR) is 145 cm³/mol. The van der Waals surface area contributed by atoms with Crippen molar-refractivity contribution < 1.29 is 9.59 Å². The third-order valence-corrected chi connectivity index (χ3v) is 4.77. The number of carbonyl (C=O) groups excluding carboxylic acids is 2. The van der Waals surface area contributed by atoms with Crippen LogP contribution in [0.3, 0.4) is 0 Å². The van der Waals surface area contributed by atoms with Gasteiger partial charge < -0.3 is 20.9 Å². The Labute approximate surface area is 214 Å². The lowest BCUT2D eigenvalue weighted by Gasteiger charge is -2.13. The number of rotatable bonds is 10. The van der Waals surface area contributed by atoms with Gasteiger partial charge in [-0.05, 0) is 55.2 Å². The fourth-order valence-corrected chi connectivity index (χ4v) is 3.11. The van der Waals surface area contributed by atoms with Crippen LogP contribution in [0.4, 0.5) is 0 Å². The smallest absolute Gasteiger partial charge is 0.253 e. The summed E-state index contributed by atoms with van der Waals surface area (Å²) in [5.41, 5.74) is 3.40. The van der Waals surface area contributed by atoms with Crippen molar-refractivity contribution in [2.45, 2.75) is 33.2 Å². The molecule has 0 aliphatic rings. The molecule has 0 aromatic heterocycles. The molecule has 0 saturated carbocycles. The summed E-state index contributed by atoms with van der Waals surface area (Å²) in [6, 6.07) is 15.3. The predicted octanol–water partition coefficient (Wildman–Crippen LogP) is 3.44. The Balaban J connectivity index is 0.00000544. The van der Waals surface area contributed by atoms with Gasteiger partial charge in [-0.25, -0.2) is 4.99 Å². The SMILES string of the molecule is CCCNC(=O)c1cccc(CN=C(NCC)NCCc2cccc(C(=O)N(C)C)c2)c1.I. The van der Waals surface area contributed by atoms with Crippen LogP contribution in [-0.4, -0.2) is 56.4 Å². The summed E-state index contributed by atoms with van der Waals surface area (Å²) in [5, 5.41) is 9.49. The highest BCUT2D eigenvalue weighted by Crippen LogP contribution is 2.09. The number of aliphatic imine (C=N–C) groups is 1. The maximum Gasteiger partial charge on any atom is 0.253 e. The summed E-state index contributed by atoms with van der Waals surface area (Å²) >= 11 is 0. The van der Waals surface area contributed by atoms with E-state index in [2.05, 4.69) is 20.9 Å². The quantitative estimate of drug-likeness (QED) is 0.234. The van der Waals surface area contributed by atoms with Gasteiger partial charge in [0.05, 0.1) is 6.54 Å². The number of benzene rings is 2. The van der Waals surface area contributed by atoms with E-state index in [9.17, 15) is 9.59 Å². The molecule has 0 unspecified atom stereocenters. The number of hydrogen-bond acceptors (Lipinski definition) is 3. The van der Waals surface area contributed by atoms with Crippen LogP contribution in [0.15, 0.2) is 53.5 Å². The molecule has 3 N–H and O–H groups in total. The van der Waals surface area contributed by atoms with Gasteiger partial charge in [-0.15, -0.1) is 24.0 Å². The molecule has 0 saturated heterocycles. The van der Waals surface area contributed by atoms with Gasteiger partial charge in [-0.1, -0.05) is 31.2 Å². The molecule has 0 aliphatic carbocycles. The van der Waals surface area contributed by atoms with E-state index in [1.165, 1.54) is 0 Å². The molecule has 0 radical (unpaired) electrons. The van der Waals surface area contributed by atoms with Crippen LogP contribution in [0.5, 0.6) is 0 Å². The van der Waals surface area contributed by atoms with Crippen molar-refractivity contribution in [3.05, 3.63) is 70.8 Å². The molecule has 0 aliphatic heterocycles. The zero-order valence-electron chi connectivity index (χ0n) is 20.0. The fraction of sp³-hybridized carbons (Fsp3) is 0.400. The average Bonchev–Trinajstić information content (AvgIpc) is 2.80. The highest BCUT2D eigenvalue weighted by atomic mass is 127. The Morgan fingerprint density at radius 1 is 0.879 bits per heavy atom. The van der Waals surface area contributed by atoms with E-state index < -0.39 is 0 Å². The van der Waals surface area contributed by atoms with Gasteiger partial charge in [0.25, 0.3) is 11.8 Å². The largest absolute Gasteiger partial charge is 0.357 e. The molecule has 7 nitrogen and oxygen atoms in total. The molecule has 33 heavy (non-hydrogen) atoms. The highest BCUT2D eigenvalue weighted by molar-refractivity contribution is 14.0. The van der Waals surface area contributed by atoms with E-state index in [0.717, 1.165) is 30.5 Å². The maximum atomic E-state index is 12.2. The zero-order valence-corrected chi connectivity index (χ0v) is 22.3. The topological polar surface area (TPSA) is 85.8 Å². The fourth-order valence-electron chi connectivity index (χ4n) is 3.11. The maximum absolute atomic E-state index is 12.2. The number of guanidine groups is 1. The van der Waals surface area contributed by atoms with Crippen LogP contribution >= 0.6 is 24.0 Å². The molecular formula is C25H36IN5O2. The van der Waals surface area contributed by atoms with E-state index in [-0.39, 0.29) is 35.8 Å². The minimum absolute atomic E-state index is 0. The Kier molecular flexibility index (Phi) is 13.1. The molecule has 0 spiro atoms. The van der Waals surface area contributed by atoms with Crippen LogP contribution in [0.2, 0.25) is 0 Å². The van der Waals surface area contributed by atoms with Gasteiger partial charge >= 0.3 is 0 Å². The summed E-state index contributed by atoms with van der Waals surface area (Å²) in [4.78, 5) is 30.6. The van der Waals surface area contributed by atoms with Gasteiger partial charge in [0.15, 0.2) is 5.96 Å².